The maximum atomic E-state index is 12.6. The highest BCUT2D eigenvalue weighted by molar-refractivity contribution is 6.39. The molecular weight excluding hydrogens is 330 g/mol. The molecular formula is C20H29N3O3. The number of carbonyl (C=O) groups excluding carboxylic acids is 3. The Bertz CT molecular complexity index is 689. The maximum absolute atomic E-state index is 12.6. The van der Waals surface area contributed by atoms with Gasteiger partial charge >= 0.3 is 11.8 Å². The summed E-state index contributed by atoms with van der Waals surface area (Å²) in [6, 6.07) is 3.86. The van der Waals surface area contributed by atoms with Crippen LogP contribution in [0.5, 0.6) is 0 Å². The fraction of sp³-hybridized carbons (Fsp3) is 0.550. The smallest absolute Gasteiger partial charge is 0.313 e. The molecule has 6 nitrogen and oxygen atoms in total. The van der Waals surface area contributed by atoms with Crippen molar-refractivity contribution in [2.45, 2.75) is 53.5 Å². The zero-order chi connectivity index (χ0) is 19.4. The molecule has 3 amide bonds. The summed E-state index contributed by atoms with van der Waals surface area (Å²) >= 11 is 0. The molecule has 0 aromatic heterocycles. The van der Waals surface area contributed by atoms with Crippen molar-refractivity contribution < 1.29 is 14.4 Å². The lowest BCUT2D eigenvalue weighted by atomic mass is 10.0. The number of anilines is 1. The molecule has 6 heteroatoms. The van der Waals surface area contributed by atoms with E-state index >= 15 is 0 Å². The number of rotatable bonds is 3. The number of hydrogen-bond acceptors (Lipinski definition) is 3. The van der Waals surface area contributed by atoms with E-state index in [1.165, 1.54) is 4.90 Å². The molecule has 1 heterocycles. The van der Waals surface area contributed by atoms with E-state index in [2.05, 4.69) is 10.6 Å². The SMILES string of the molecule is Cc1cc(C)c(NC(=O)C(=O)N2CCCC(NC(=O)C(C)C)C2)c(C)c1. The number of nitrogens with one attached hydrogen (secondary N) is 2. The lowest BCUT2D eigenvalue weighted by Crippen LogP contribution is -2.52. The molecule has 1 atom stereocenters. The third-order valence-electron chi connectivity index (χ3n) is 4.69. The third-order valence-corrected chi connectivity index (χ3v) is 4.69. The lowest BCUT2D eigenvalue weighted by Gasteiger charge is -2.33. The van der Waals surface area contributed by atoms with Crippen molar-refractivity contribution in [2.75, 3.05) is 18.4 Å². The molecule has 2 N–H and O–H groups in total. The number of piperidine rings is 1. The van der Waals surface area contributed by atoms with Crippen LogP contribution in [-0.2, 0) is 14.4 Å². The zero-order valence-corrected chi connectivity index (χ0v) is 16.3. The van der Waals surface area contributed by atoms with E-state index in [1.807, 2.05) is 46.8 Å². The number of likely N-dealkylation sites (tertiary alicyclic amines) is 1. The zero-order valence-electron chi connectivity index (χ0n) is 16.3. The molecule has 1 saturated heterocycles. The van der Waals surface area contributed by atoms with E-state index in [-0.39, 0.29) is 17.9 Å². The average molecular weight is 359 g/mol. The van der Waals surface area contributed by atoms with E-state index < -0.39 is 11.8 Å². The van der Waals surface area contributed by atoms with Crippen LogP contribution in [0.2, 0.25) is 0 Å². The predicted molar refractivity (Wildman–Crippen MR) is 102 cm³/mol. The van der Waals surface area contributed by atoms with Gasteiger partial charge in [0.2, 0.25) is 5.91 Å². The van der Waals surface area contributed by atoms with Crippen molar-refractivity contribution in [3.63, 3.8) is 0 Å². The summed E-state index contributed by atoms with van der Waals surface area (Å²) in [5, 5.41) is 5.71. The van der Waals surface area contributed by atoms with Crippen molar-refractivity contribution in [1.82, 2.24) is 10.2 Å². The second kappa shape index (κ2) is 8.34. The molecule has 0 spiro atoms. The molecule has 1 aromatic carbocycles. The molecule has 0 bridgehead atoms. The highest BCUT2D eigenvalue weighted by atomic mass is 16.2. The molecule has 0 radical (unpaired) electrons. The van der Waals surface area contributed by atoms with E-state index in [1.54, 1.807) is 0 Å². The minimum Gasteiger partial charge on any atom is -0.351 e. The van der Waals surface area contributed by atoms with Crippen LogP contribution in [0.3, 0.4) is 0 Å². The first-order chi connectivity index (χ1) is 12.2. The van der Waals surface area contributed by atoms with Crippen LogP contribution in [-0.4, -0.2) is 41.8 Å². The Morgan fingerprint density at radius 1 is 1.12 bits per heavy atom. The summed E-state index contributed by atoms with van der Waals surface area (Å²) in [4.78, 5) is 38.4. The van der Waals surface area contributed by atoms with Crippen molar-refractivity contribution in [3.05, 3.63) is 28.8 Å². The van der Waals surface area contributed by atoms with Gasteiger partial charge in [-0.2, -0.15) is 0 Å². The van der Waals surface area contributed by atoms with E-state index in [9.17, 15) is 14.4 Å². The molecule has 26 heavy (non-hydrogen) atoms. The Labute approximate surface area is 155 Å². The Kier molecular flexibility index (Phi) is 6.40. The summed E-state index contributed by atoms with van der Waals surface area (Å²) < 4.78 is 0. The number of aryl methyl sites for hydroxylation is 3. The highest BCUT2D eigenvalue weighted by Gasteiger charge is 2.29. The van der Waals surface area contributed by atoms with Crippen LogP contribution in [0, 0.1) is 26.7 Å². The highest BCUT2D eigenvalue weighted by Crippen LogP contribution is 2.22. The summed E-state index contributed by atoms with van der Waals surface area (Å²) in [6.45, 7) is 10.4. The molecule has 1 fully saturated rings. The first kappa shape index (κ1) is 19.9. The molecule has 142 valence electrons. The number of amides is 3. The minimum atomic E-state index is -0.629. The first-order valence-electron chi connectivity index (χ1n) is 9.17. The van der Waals surface area contributed by atoms with Gasteiger partial charge in [-0.15, -0.1) is 0 Å². The Morgan fingerprint density at radius 2 is 1.73 bits per heavy atom. The largest absolute Gasteiger partial charge is 0.351 e. The third kappa shape index (κ3) is 4.84. The molecule has 0 aliphatic carbocycles. The molecule has 1 aromatic rings. The molecule has 1 unspecified atom stereocenters. The van der Waals surface area contributed by atoms with E-state index in [0.717, 1.165) is 29.5 Å². The quantitative estimate of drug-likeness (QED) is 0.813. The van der Waals surface area contributed by atoms with E-state index in [4.69, 9.17) is 0 Å². The Morgan fingerprint density at radius 3 is 2.31 bits per heavy atom. The number of carbonyl (C=O) groups is 3. The Hall–Kier alpha value is -2.37. The van der Waals surface area contributed by atoms with Crippen LogP contribution in [0.1, 0.15) is 43.4 Å². The average Bonchev–Trinajstić information content (AvgIpc) is 2.57. The fourth-order valence-electron chi connectivity index (χ4n) is 3.34. The van der Waals surface area contributed by atoms with Gasteiger partial charge in [-0.1, -0.05) is 31.5 Å². The second-order valence-electron chi connectivity index (χ2n) is 7.48. The normalized spacial score (nSPS) is 17.2. The van der Waals surface area contributed by atoms with Gasteiger partial charge in [0.25, 0.3) is 0 Å². The van der Waals surface area contributed by atoms with Gasteiger partial charge < -0.3 is 15.5 Å². The van der Waals surface area contributed by atoms with Gasteiger partial charge in [0.05, 0.1) is 0 Å². The molecule has 1 aliphatic heterocycles. The molecule has 2 rings (SSSR count). The van der Waals surface area contributed by atoms with Crippen LogP contribution in [0.4, 0.5) is 5.69 Å². The van der Waals surface area contributed by atoms with Crippen LogP contribution in [0.15, 0.2) is 12.1 Å². The fourth-order valence-corrected chi connectivity index (χ4v) is 3.34. The summed E-state index contributed by atoms with van der Waals surface area (Å²) in [6.07, 6.45) is 1.59. The van der Waals surface area contributed by atoms with Crippen molar-refractivity contribution in [1.29, 1.82) is 0 Å². The van der Waals surface area contributed by atoms with E-state index in [0.29, 0.717) is 18.8 Å². The Balaban J connectivity index is 2.02. The second-order valence-corrected chi connectivity index (χ2v) is 7.48. The summed E-state index contributed by atoms with van der Waals surface area (Å²) in [5.74, 6) is -1.31. The lowest BCUT2D eigenvalue weighted by molar-refractivity contribution is -0.144. The van der Waals surface area contributed by atoms with Gasteiger partial charge in [0, 0.05) is 30.7 Å². The summed E-state index contributed by atoms with van der Waals surface area (Å²) in [7, 11) is 0. The van der Waals surface area contributed by atoms with Crippen molar-refractivity contribution in [3.8, 4) is 0 Å². The van der Waals surface area contributed by atoms with Crippen molar-refractivity contribution in [2.24, 2.45) is 5.92 Å². The van der Waals surface area contributed by atoms with Crippen molar-refractivity contribution >= 4 is 23.4 Å². The number of benzene rings is 1. The van der Waals surface area contributed by atoms with Crippen LogP contribution >= 0.6 is 0 Å². The first-order valence-corrected chi connectivity index (χ1v) is 9.17. The standard InChI is InChI=1S/C20H29N3O3/c1-12(2)18(24)21-16-7-6-8-23(11-16)20(26)19(25)22-17-14(4)9-13(3)10-15(17)5/h9-10,12,16H,6-8,11H2,1-5H3,(H,21,24)(H,22,25). The topological polar surface area (TPSA) is 78.5 Å². The van der Waals surface area contributed by atoms with Gasteiger partial charge in [0.15, 0.2) is 0 Å². The number of hydrogen-bond donors (Lipinski definition) is 2. The van der Waals surface area contributed by atoms with Gasteiger partial charge in [-0.05, 0) is 44.7 Å². The minimum absolute atomic E-state index is 0.0281. The van der Waals surface area contributed by atoms with Crippen LogP contribution in [0.25, 0.3) is 0 Å². The predicted octanol–water partition coefficient (Wildman–Crippen LogP) is 2.31. The maximum Gasteiger partial charge on any atom is 0.313 e. The number of nitrogens with zero attached hydrogens (tertiary/aromatic N) is 1. The monoisotopic (exact) mass is 359 g/mol. The molecule has 0 saturated carbocycles. The van der Waals surface area contributed by atoms with Gasteiger partial charge in [0.1, 0.15) is 0 Å². The summed E-state index contributed by atoms with van der Waals surface area (Å²) in [5.41, 5.74) is 3.67. The molecule has 1 aliphatic rings. The van der Waals surface area contributed by atoms with Gasteiger partial charge in [-0.25, -0.2) is 0 Å². The van der Waals surface area contributed by atoms with Crippen LogP contribution < -0.4 is 10.6 Å². The van der Waals surface area contributed by atoms with Gasteiger partial charge in [-0.3, -0.25) is 14.4 Å².